The third kappa shape index (κ3) is 2.45. The molecular formula is C15H21N3O2. The third-order valence-electron chi connectivity index (χ3n) is 4.92. The third-order valence-corrected chi connectivity index (χ3v) is 4.92. The molecule has 2 amide bonds. The number of rotatable bonds is 5. The molecule has 0 aromatic rings. The second kappa shape index (κ2) is 5.17. The van der Waals surface area contributed by atoms with Crippen molar-refractivity contribution in [2.75, 3.05) is 6.54 Å². The number of carbonyl (C=O) groups is 2. The molecule has 1 N–H and O–H groups in total. The molecule has 2 aliphatic carbocycles. The first kappa shape index (κ1) is 13.6. The van der Waals surface area contributed by atoms with Crippen LogP contribution >= 0.6 is 0 Å². The van der Waals surface area contributed by atoms with Gasteiger partial charge in [0.25, 0.3) is 0 Å². The van der Waals surface area contributed by atoms with Gasteiger partial charge in [-0.25, -0.2) is 0 Å². The first-order chi connectivity index (χ1) is 9.64. The van der Waals surface area contributed by atoms with Gasteiger partial charge in [-0.05, 0) is 38.0 Å². The maximum absolute atomic E-state index is 11.6. The van der Waals surface area contributed by atoms with Gasteiger partial charge in [0.15, 0.2) is 0 Å². The minimum atomic E-state index is -0.424. The molecule has 20 heavy (non-hydrogen) atoms. The van der Waals surface area contributed by atoms with Crippen LogP contribution in [0.25, 0.3) is 0 Å². The molecule has 0 aromatic carbocycles. The summed E-state index contributed by atoms with van der Waals surface area (Å²) in [6, 6.07) is 3.00. The Kier molecular flexibility index (Phi) is 3.51. The Labute approximate surface area is 119 Å². The zero-order chi connectivity index (χ0) is 14.2. The lowest BCUT2D eigenvalue weighted by Crippen LogP contribution is -2.49. The Morgan fingerprint density at radius 1 is 1.25 bits per heavy atom. The fourth-order valence-corrected chi connectivity index (χ4v) is 3.59. The number of amides is 2. The topological polar surface area (TPSA) is 73.2 Å². The van der Waals surface area contributed by atoms with Crippen LogP contribution in [0, 0.1) is 17.2 Å². The molecule has 2 saturated carbocycles. The fourth-order valence-electron chi connectivity index (χ4n) is 3.59. The zero-order valence-electron chi connectivity index (χ0n) is 11.7. The Hall–Kier alpha value is -1.41. The molecule has 2 atom stereocenters. The van der Waals surface area contributed by atoms with Gasteiger partial charge in [-0.3, -0.25) is 19.8 Å². The van der Waals surface area contributed by atoms with Crippen molar-refractivity contribution >= 4 is 11.8 Å². The van der Waals surface area contributed by atoms with E-state index in [2.05, 4.69) is 11.4 Å². The predicted molar refractivity (Wildman–Crippen MR) is 72.4 cm³/mol. The SMILES string of the molecule is N#CC1(NC2CC2)CCCC1CCN1C(=O)CCC1=O. The van der Waals surface area contributed by atoms with Gasteiger partial charge in [-0.15, -0.1) is 0 Å². The van der Waals surface area contributed by atoms with E-state index < -0.39 is 5.54 Å². The lowest BCUT2D eigenvalue weighted by Gasteiger charge is -2.31. The summed E-state index contributed by atoms with van der Waals surface area (Å²) in [7, 11) is 0. The molecule has 3 aliphatic rings. The minimum absolute atomic E-state index is 0.0503. The molecule has 1 aliphatic heterocycles. The lowest BCUT2D eigenvalue weighted by atomic mass is 9.85. The fraction of sp³-hybridized carbons (Fsp3) is 0.800. The average molecular weight is 275 g/mol. The average Bonchev–Trinajstić information content (AvgIpc) is 3.08. The number of imide groups is 1. The van der Waals surface area contributed by atoms with E-state index in [-0.39, 0.29) is 17.7 Å². The van der Waals surface area contributed by atoms with Gasteiger partial charge < -0.3 is 0 Å². The maximum atomic E-state index is 11.6. The molecule has 0 radical (unpaired) electrons. The smallest absolute Gasteiger partial charge is 0.229 e. The highest BCUT2D eigenvalue weighted by atomic mass is 16.2. The molecule has 3 fully saturated rings. The largest absolute Gasteiger partial charge is 0.296 e. The molecule has 0 bridgehead atoms. The van der Waals surface area contributed by atoms with Crippen molar-refractivity contribution in [1.82, 2.24) is 10.2 Å². The van der Waals surface area contributed by atoms with E-state index in [9.17, 15) is 14.9 Å². The van der Waals surface area contributed by atoms with Crippen LogP contribution < -0.4 is 5.32 Å². The van der Waals surface area contributed by atoms with Gasteiger partial charge in [-0.1, -0.05) is 6.42 Å². The summed E-state index contributed by atoms with van der Waals surface area (Å²) in [5.41, 5.74) is -0.424. The number of carbonyl (C=O) groups excluding carboxylic acids is 2. The van der Waals surface area contributed by atoms with Gasteiger partial charge in [-0.2, -0.15) is 5.26 Å². The summed E-state index contributed by atoms with van der Waals surface area (Å²) in [6.07, 6.45) is 6.76. The number of nitrogens with zero attached hydrogens (tertiary/aromatic N) is 2. The summed E-state index contributed by atoms with van der Waals surface area (Å²) in [6.45, 7) is 0.484. The van der Waals surface area contributed by atoms with Gasteiger partial charge in [0.1, 0.15) is 5.54 Å². The normalized spacial score (nSPS) is 33.8. The van der Waals surface area contributed by atoms with E-state index in [4.69, 9.17) is 0 Å². The van der Waals surface area contributed by atoms with Crippen molar-refractivity contribution in [1.29, 1.82) is 5.26 Å². The molecule has 3 rings (SSSR count). The quantitative estimate of drug-likeness (QED) is 0.768. The van der Waals surface area contributed by atoms with Crippen LogP contribution in [-0.2, 0) is 9.59 Å². The van der Waals surface area contributed by atoms with Crippen LogP contribution in [0.4, 0.5) is 0 Å². The van der Waals surface area contributed by atoms with Crippen LogP contribution in [0.5, 0.6) is 0 Å². The lowest BCUT2D eigenvalue weighted by molar-refractivity contribution is -0.138. The highest BCUT2D eigenvalue weighted by molar-refractivity contribution is 6.01. The van der Waals surface area contributed by atoms with E-state index in [1.54, 1.807) is 0 Å². The minimum Gasteiger partial charge on any atom is -0.296 e. The molecule has 5 heteroatoms. The number of nitrogens with one attached hydrogen (secondary N) is 1. The summed E-state index contributed by atoms with van der Waals surface area (Å²) in [4.78, 5) is 24.7. The van der Waals surface area contributed by atoms with E-state index in [1.165, 1.54) is 17.7 Å². The first-order valence-electron chi connectivity index (χ1n) is 7.67. The Bertz CT molecular complexity index is 450. The molecule has 1 saturated heterocycles. The van der Waals surface area contributed by atoms with Crippen molar-refractivity contribution in [3.05, 3.63) is 0 Å². The van der Waals surface area contributed by atoms with Crippen LogP contribution in [-0.4, -0.2) is 34.8 Å². The molecule has 1 heterocycles. The van der Waals surface area contributed by atoms with E-state index in [1.807, 2.05) is 0 Å². The van der Waals surface area contributed by atoms with Crippen molar-refractivity contribution in [2.24, 2.45) is 5.92 Å². The first-order valence-corrected chi connectivity index (χ1v) is 7.67. The van der Waals surface area contributed by atoms with E-state index in [0.29, 0.717) is 25.4 Å². The highest BCUT2D eigenvalue weighted by Crippen LogP contribution is 2.40. The monoisotopic (exact) mass is 275 g/mol. The zero-order valence-corrected chi connectivity index (χ0v) is 11.7. The number of hydrogen-bond donors (Lipinski definition) is 1. The number of nitriles is 1. The van der Waals surface area contributed by atoms with E-state index in [0.717, 1.165) is 25.7 Å². The molecular weight excluding hydrogens is 254 g/mol. The van der Waals surface area contributed by atoms with Crippen LogP contribution in [0.2, 0.25) is 0 Å². The van der Waals surface area contributed by atoms with Gasteiger partial charge >= 0.3 is 0 Å². The predicted octanol–water partition coefficient (Wildman–Crippen LogP) is 1.34. The number of likely N-dealkylation sites (tertiary alicyclic amines) is 1. The van der Waals surface area contributed by atoms with Crippen molar-refractivity contribution < 1.29 is 9.59 Å². The van der Waals surface area contributed by atoms with Gasteiger partial charge in [0.2, 0.25) is 11.8 Å². The van der Waals surface area contributed by atoms with Crippen LogP contribution in [0.15, 0.2) is 0 Å². The summed E-state index contributed by atoms with van der Waals surface area (Å²) < 4.78 is 0. The van der Waals surface area contributed by atoms with E-state index >= 15 is 0 Å². The molecule has 0 spiro atoms. The summed E-state index contributed by atoms with van der Waals surface area (Å²) in [5.74, 6) is 0.158. The highest BCUT2D eigenvalue weighted by Gasteiger charge is 2.46. The van der Waals surface area contributed by atoms with Crippen molar-refractivity contribution in [3.63, 3.8) is 0 Å². The van der Waals surface area contributed by atoms with Crippen LogP contribution in [0.3, 0.4) is 0 Å². The van der Waals surface area contributed by atoms with Crippen molar-refractivity contribution in [3.8, 4) is 6.07 Å². The second-order valence-corrected chi connectivity index (χ2v) is 6.32. The standard InChI is InChI=1S/C15H21N3O2/c16-10-15(17-12-3-4-12)8-1-2-11(15)7-9-18-13(19)5-6-14(18)20/h11-12,17H,1-9H2. The van der Waals surface area contributed by atoms with Crippen LogP contribution in [0.1, 0.15) is 51.4 Å². The Morgan fingerprint density at radius 3 is 2.55 bits per heavy atom. The molecule has 5 nitrogen and oxygen atoms in total. The second-order valence-electron chi connectivity index (χ2n) is 6.32. The number of hydrogen-bond acceptors (Lipinski definition) is 4. The Balaban J connectivity index is 1.62. The Morgan fingerprint density at radius 2 is 1.95 bits per heavy atom. The summed E-state index contributed by atoms with van der Waals surface area (Å²) >= 11 is 0. The van der Waals surface area contributed by atoms with Crippen molar-refractivity contribution in [2.45, 2.75) is 62.9 Å². The molecule has 2 unspecified atom stereocenters. The van der Waals surface area contributed by atoms with Gasteiger partial charge in [0.05, 0.1) is 6.07 Å². The molecule has 108 valence electrons. The maximum Gasteiger partial charge on any atom is 0.229 e. The summed E-state index contributed by atoms with van der Waals surface area (Å²) in [5, 5.41) is 13.1. The molecule has 0 aromatic heterocycles. The van der Waals surface area contributed by atoms with Gasteiger partial charge in [0, 0.05) is 25.4 Å².